The fourth-order valence-electron chi connectivity index (χ4n) is 1.29. The first-order chi connectivity index (χ1) is 8.58. The standard InChI is InChI=1S/C13H15ClFNO2/c1-3-9(13(17)18-4-2)8-16-10-5-6-12(15)11(14)7-10/h5-8,16H,3-4H2,1-2H3/b9-8+. The van der Waals surface area contributed by atoms with Crippen LogP contribution in [-0.4, -0.2) is 12.6 Å². The van der Waals surface area contributed by atoms with Gasteiger partial charge < -0.3 is 10.1 Å². The number of hydrogen-bond donors (Lipinski definition) is 1. The average molecular weight is 272 g/mol. The molecule has 0 aliphatic carbocycles. The molecule has 0 aliphatic heterocycles. The number of esters is 1. The molecule has 0 bridgehead atoms. The zero-order valence-electron chi connectivity index (χ0n) is 10.3. The Bertz CT molecular complexity index is 460. The Hall–Kier alpha value is -1.55. The van der Waals surface area contributed by atoms with Gasteiger partial charge in [0.25, 0.3) is 0 Å². The van der Waals surface area contributed by atoms with Crippen molar-refractivity contribution in [3.63, 3.8) is 0 Å². The highest BCUT2D eigenvalue weighted by molar-refractivity contribution is 6.31. The molecule has 1 aromatic rings. The summed E-state index contributed by atoms with van der Waals surface area (Å²) < 4.78 is 17.8. The third kappa shape index (κ3) is 4.04. The third-order valence-electron chi connectivity index (χ3n) is 2.25. The Morgan fingerprint density at radius 2 is 2.22 bits per heavy atom. The topological polar surface area (TPSA) is 38.3 Å². The van der Waals surface area contributed by atoms with Crippen LogP contribution in [0.15, 0.2) is 30.0 Å². The Labute approximate surface area is 111 Å². The highest BCUT2D eigenvalue weighted by Gasteiger charge is 2.07. The molecule has 1 N–H and O–H groups in total. The van der Waals surface area contributed by atoms with Gasteiger partial charge in [-0.1, -0.05) is 18.5 Å². The second kappa shape index (κ2) is 7.01. The van der Waals surface area contributed by atoms with Crippen LogP contribution in [0.3, 0.4) is 0 Å². The molecular weight excluding hydrogens is 257 g/mol. The molecule has 0 fully saturated rings. The van der Waals surface area contributed by atoms with Crippen molar-refractivity contribution in [2.45, 2.75) is 20.3 Å². The number of benzene rings is 1. The van der Waals surface area contributed by atoms with Crippen molar-refractivity contribution in [2.75, 3.05) is 11.9 Å². The lowest BCUT2D eigenvalue weighted by atomic mass is 10.2. The normalized spacial score (nSPS) is 11.2. The lowest BCUT2D eigenvalue weighted by Crippen LogP contribution is -2.08. The zero-order chi connectivity index (χ0) is 13.5. The summed E-state index contributed by atoms with van der Waals surface area (Å²) in [4.78, 5) is 11.5. The van der Waals surface area contributed by atoms with E-state index in [-0.39, 0.29) is 11.0 Å². The highest BCUT2D eigenvalue weighted by Crippen LogP contribution is 2.19. The van der Waals surface area contributed by atoms with Crippen LogP contribution in [0.1, 0.15) is 20.3 Å². The van der Waals surface area contributed by atoms with E-state index in [0.29, 0.717) is 24.3 Å². The molecule has 0 aliphatic rings. The predicted octanol–water partition coefficient (Wildman–Crippen LogP) is 3.75. The van der Waals surface area contributed by atoms with E-state index in [1.54, 1.807) is 13.1 Å². The molecule has 0 unspecified atom stereocenters. The first kappa shape index (κ1) is 14.5. The maximum Gasteiger partial charge on any atom is 0.335 e. The quantitative estimate of drug-likeness (QED) is 0.655. The Balaban J connectivity index is 2.76. The van der Waals surface area contributed by atoms with E-state index >= 15 is 0 Å². The molecule has 0 aromatic heterocycles. The molecule has 5 heteroatoms. The molecule has 0 radical (unpaired) electrons. The maximum atomic E-state index is 12.9. The number of rotatable bonds is 5. The minimum absolute atomic E-state index is 0.0302. The van der Waals surface area contributed by atoms with Gasteiger partial charge in [-0.05, 0) is 31.5 Å². The van der Waals surface area contributed by atoms with Crippen molar-refractivity contribution in [1.82, 2.24) is 0 Å². The molecule has 98 valence electrons. The summed E-state index contributed by atoms with van der Waals surface area (Å²) >= 11 is 5.65. The van der Waals surface area contributed by atoms with Gasteiger partial charge in [0.2, 0.25) is 0 Å². The number of ether oxygens (including phenoxy) is 1. The molecule has 0 amide bonds. The Morgan fingerprint density at radius 3 is 2.78 bits per heavy atom. The summed E-state index contributed by atoms with van der Waals surface area (Å²) in [5, 5.41) is 2.92. The van der Waals surface area contributed by atoms with Crippen LogP contribution in [0.5, 0.6) is 0 Å². The van der Waals surface area contributed by atoms with Crippen molar-refractivity contribution in [1.29, 1.82) is 0 Å². The van der Waals surface area contributed by atoms with Crippen LogP contribution in [0.2, 0.25) is 5.02 Å². The number of nitrogens with one attached hydrogen (secondary N) is 1. The van der Waals surface area contributed by atoms with E-state index in [1.807, 2.05) is 6.92 Å². The van der Waals surface area contributed by atoms with Crippen LogP contribution < -0.4 is 5.32 Å². The van der Waals surface area contributed by atoms with Gasteiger partial charge in [-0.3, -0.25) is 0 Å². The first-order valence-corrected chi connectivity index (χ1v) is 6.04. The highest BCUT2D eigenvalue weighted by atomic mass is 35.5. The smallest absolute Gasteiger partial charge is 0.335 e. The average Bonchev–Trinajstić information content (AvgIpc) is 2.34. The van der Waals surface area contributed by atoms with E-state index in [4.69, 9.17) is 16.3 Å². The number of hydrogen-bond acceptors (Lipinski definition) is 3. The lowest BCUT2D eigenvalue weighted by Gasteiger charge is -2.06. The number of halogens is 2. The van der Waals surface area contributed by atoms with Gasteiger partial charge in [0.15, 0.2) is 0 Å². The van der Waals surface area contributed by atoms with Gasteiger partial charge in [-0.25, -0.2) is 9.18 Å². The SMILES string of the molecule is CCOC(=O)/C(=C/Nc1ccc(F)c(Cl)c1)CC. The van der Waals surface area contributed by atoms with Crippen LogP contribution in [-0.2, 0) is 9.53 Å². The molecule has 3 nitrogen and oxygen atoms in total. The monoisotopic (exact) mass is 271 g/mol. The Kier molecular flexibility index (Phi) is 5.65. The summed E-state index contributed by atoms with van der Waals surface area (Å²) in [5.74, 6) is -0.840. The van der Waals surface area contributed by atoms with Crippen molar-refractivity contribution in [3.8, 4) is 0 Å². The zero-order valence-corrected chi connectivity index (χ0v) is 11.1. The van der Waals surface area contributed by atoms with Gasteiger partial charge in [0, 0.05) is 11.9 Å². The summed E-state index contributed by atoms with van der Waals surface area (Å²) in [7, 11) is 0. The first-order valence-electron chi connectivity index (χ1n) is 5.66. The fraction of sp³-hybridized carbons (Fsp3) is 0.308. The van der Waals surface area contributed by atoms with E-state index in [2.05, 4.69) is 5.32 Å². The molecule has 0 spiro atoms. The van der Waals surface area contributed by atoms with E-state index in [0.717, 1.165) is 0 Å². The van der Waals surface area contributed by atoms with Gasteiger partial charge in [0.1, 0.15) is 5.82 Å². The van der Waals surface area contributed by atoms with E-state index in [9.17, 15) is 9.18 Å². The second-order valence-electron chi connectivity index (χ2n) is 3.52. The molecule has 0 saturated carbocycles. The van der Waals surface area contributed by atoms with Gasteiger partial charge in [0.05, 0.1) is 17.2 Å². The van der Waals surface area contributed by atoms with Gasteiger partial charge in [-0.2, -0.15) is 0 Å². The predicted molar refractivity (Wildman–Crippen MR) is 70.0 cm³/mol. The molecule has 1 rings (SSSR count). The van der Waals surface area contributed by atoms with Crippen molar-refractivity contribution < 1.29 is 13.9 Å². The molecule has 0 saturated heterocycles. The number of carbonyl (C=O) groups excluding carboxylic acids is 1. The molecule has 0 heterocycles. The molecule has 18 heavy (non-hydrogen) atoms. The Morgan fingerprint density at radius 1 is 1.50 bits per heavy atom. The number of carbonyl (C=O) groups is 1. The van der Waals surface area contributed by atoms with Crippen molar-refractivity contribution in [2.24, 2.45) is 0 Å². The second-order valence-corrected chi connectivity index (χ2v) is 3.92. The largest absolute Gasteiger partial charge is 0.463 e. The summed E-state index contributed by atoms with van der Waals surface area (Å²) in [6.45, 7) is 3.93. The van der Waals surface area contributed by atoms with Crippen LogP contribution in [0, 0.1) is 5.82 Å². The minimum atomic E-state index is -0.479. The maximum absolute atomic E-state index is 12.9. The van der Waals surface area contributed by atoms with E-state index in [1.165, 1.54) is 18.2 Å². The fourth-order valence-corrected chi connectivity index (χ4v) is 1.47. The molecule has 0 atom stereocenters. The third-order valence-corrected chi connectivity index (χ3v) is 2.54. The van der Waals surface area contributed by atoms with Crippen molar-refractivity contribution >= 4 is 23.3 Å². The van der Waals surface area contributed by atoms with Crippen LogP contribution >= 0.6 is 11.6 Å². The summed E-state index contributed by atoms with van der Waals surface area (Å²) in [5.41, 5.74) is 1.12. The summed E-state index contributed by atoms with van der Waals surface area (Å²) in [6.07, 6.45) is 2.09. The van der Waals surface area contributed by atoms with Gasteiger partial charge >= 0.3 is 5.97 Å². The lowest BCUT2D eigenvalue weighted by molar-refractivity contribution is -0.138. The van der Waals surface area contributed by atoms with Crippen LogP contribution in [0.25, 0.3) is 0 Å². The number of anilines is 1. The minimum Gasteiger partial charge on any atom is -0.463 e. The van der Waals surface area contributed by atoms with Gasteiger partial charge in [-0.15, -0.1) is 0 Å². The summed E-state index contributed by atoms with van der Waals surface area (Å²) in [6, 6.07) is 4.25. The van der Waals surface area contributed by atoms with Crippen LogP contribution in [0.4, 0.5) is 10.1 Å². The van der Waals surface area contributed by atoms with Crippen molar-refractivity contribution in [3.05, 3.63) is 40.8 Å². The molecule has 1 aromatic carbocycles. The molecular formula is C13H15ClFNO2. The van der Waals surface area contributed by atoms with E-state index < -0.39 is 5.82 Å².